The van der Waals surface area contributed by atoms with Crippen molar-refractivity contribution in [2.75, 3.05) is 5.73 Å². The summed E-state index contributed by atoms with van der Waals surface area (Å²) in [6, 6.07) is 0. The fourth-order valence-electron chi connectivity index (χ4n) is 0.563. The summed E-state index contributed by atoms with van der Waals surface area (Å²) in [7, 11) is 0. The first-order valence-corrected chi connectivity index (χ1v) is 3.63. The van der Waals surface area contributed by atoms with E-state index in [0.29, 0.717) is 0 Å². The molecule has 2 N–H and O–H groups in total. The van der Waals surface area contributed by atoms with Crippen LogP contribution in [0, 0.1) is 0 Å². The van der Waals surface area contributed by atoms with Crippen LogP contribution < -0.4 is 5.73 Å². The second-order valence-electron chi connectivity index (χ2n) is 2.04. The summed E-state index contributed by atoms with van der Waals surface area (Å²) in [6.07, 6.45) is -4.68. The first-order valence-electron chi connectivity index (χ1n) is 2.88. The van der Waals surface area contributed by atoms with Crippen LogP contribution >= 0.6 is 23.2 Å². The van der Waals surface area contributed by atoms with Gasteiger partial charge in [-0.1, -0.05) is 23.2 Å². The molecule has 0 spiro atoms. The third kappa shape index (κ3) is 2.13. The van der Waals surface area contributed by atoms with Crippen LogP contribution in [0.4, 0.5) is 19.0 Å². The number of hydrogen-bond donors (Lipinski definition) is 1. The van der Waals surface area contributed by atoms with E-state index in [0.717, 1.165) is 0 Å². The van der Waals surface area contributed by atoms with Crippen LogP contribution in [0.1, 0.15) is 5.82 Å². The zero-order valence-electron chi connectivity index (χ0n) is 5.86. The molecule has 0 aliphatic carbocycles. The lowest BCUT2D eigenvalue weighted by molar-refractivity contribution is -0.144. The summed E-state index contributed by atoms with van der Waals surface area (Å²) in [5.74, 6) is -1.90. The molecule has 1 aromatic heterocycles. The average Bonchev–Trinajstić information content (AvgIpc) is 1.97. The Labute approximate surface area is 80.7 Å². The number of aromatic nitrogens is 2. The van der Waals surface area contributed by atoms with Gasteiger partial charge in [0.05, 0.1) is 0 Å². The Balaban J connectivity index is 3.29. The van der Waals surface area contributed by atoms with Crippen LogP contribution in [0.2, 0.25) is 10.2 Å². The van der Waals surface area contributed by atoms with Gasteiger partial charge in [0.15, 0.2) is 5.15 Å². The van der Waals surface area contributed by atoms with Gasteiger partial charge in [-0.2, -0.15) is 13.2 Å². The molecule has 0 radical (unpaired) electrons. The number of nitrogens with zero attached hydrogens (tertiary/aromatic N) is 2. The van der Waals surface area contributed by atoms with Crippen molar-refractivity contribution in [3.8, 4) is 0 Å². The first kappa shape index (κ1) is 10.3. The highest BCUT2D eigenvalue weighted by atomic mass is 35.5. The Kier molecular flexibility index (Phi) is 2.53. The third-order valence-electron chi connectivity index (χ3n) is 1.09. The molecule has 0 atom stereocenters. The van der Waals surface area contributed by atoms with Crippen molar-refractivity contribution < 1.29 is 13.2 Å². The van der Waals surface area contributed by atoms with Crippen molar-refractivity contribution in [3.05, 3.63) is 16.0 Å². The Morgan fingerprint density at radius 1 is 1.15 bits per heavy atom. The minimum atomic E-state index is -4.68. The van der Waals surface area contributed by atoms with Gasteiger partial charge in [-0.05, 0) is 0 Å². The van der Waals surface area contributed by atoms with Gasteiger partial charge in [-0.25, -0.2) is 9.97 Å². The predicted molar refractivity (Wildman–Crippen MR) is 41.5 cm³/mol. The molecule has 1 heterocycles. The van der Waals surface area contributed by atoms with Gasteiger partial charge >= 0.3 is 6.18 Å². The molecule has 0 amide bonds. The lowest BCUT2D eigenvalue weighted by Crippen LogP contribution is -2.12. The fraction of sp³-hybridized carbons (Fsp3) is 0.200. The van der Waals surface area contributed by atoms with Crippen molar-refractivity contribution in [2.24, 2.45) is 0 Å². The monoisotopic (exact) mass is 231 g/mol. The Bertz CT molecular complexity index is 315. The zero-order chi connectivity index (χ0) is 10.2. The molecule has 0 bridgehead atoms. The van der Waals surface area contributed by atoms with E-state index in [1.54, 1.807) is 0 Å². The summed E-state index contributed by atoms with van der Waals surface area (Å²) >= 11 is 10.6. The maximum Gasteiger partial charge on any atom is 0.451 e. The second kappa shape index (κ2) is 3.19. The van der Waals surface area contributed by atoms with E-state index in [4.69, 9.17) is 28.9 Å². The lowest BCUT2D eigenvalue weighted by Gasteiger charge is -2.06. The molecule has 3 nitrogen and oxygen atoms in total. The second-order valence-corrected chi connectivity index (χ2v) is 2.77. The maximum absolute atomic E-state index is 12.0. The van der Waals surface area contributed by atoms with Crippen LogP contribution in [0.15, 0.2) is 0 Å². The minimum Gasteiger partial charge on any atom is -0.382 e. The van der Waals surface area contributed by atoms with Crippen LogP contribution in [0.3, 0.4) is 0 Å². The van der Waals surface area contributed by atoms with E-state index in [1.807, 2.05) is 0 Å². The molecule has 8 heteroatoms. The first-order chi connectivity index (χ1) is 5.82. The lowest BCUT2D eigenvalue weighted by atomic mass is 10.5. The normalized spacial score (nSPS) is 11.8. The van der Waals surface area contributed by atoms with Crippen molar-refractivity contribution in [1.29, 1.82) is 0 Å². The molecule has 72 valence electrons. The molecule has 0 saturated heterocycles. The Hall–Kier alpha value is -0.750. The van der Waals surface area contributed by atoms with Gasteiger partial charge in [0.2, 0.25) is 5.82 Å². The molecule has 1 rings (SSSR count). The molecule has 1 aromatic rings. The average molecular weight is 232 g/mol. The molecule has 0 aromatic carbocycles. The van der Waals surface area contributed by atoms with Gasteiger partial charge < -0.3 is 5.73 Å². The van der Waals surface area contributed by atoms with Gasteiger partial charge in [0.25, 0.3) is 0 Å². The molecule has 0 fully saturated rings. The van der Waals surface area contributed by atoms with Crippen LogP contribution in [-0.4, -0.2) is 9.97 Å². The largest absolute Gasteiger partial charge is 0.451 e. The highest BCUT2D eigenvalue weighted by Crippen LogP contribution is 2.31. The summed E-state index contributed by atoms with van der Waals surface area (Å²) in [4.78, 5) is 5.85. The Morgan fingerprint density at radius 2 is 1.69 bits per heavy atom. The van der Waals surface area contributed by atoms with E-state index in [2.05, 4.69) is 9.97 Å². The van der Waals surface area contributed by atoms with Crippen molar-refractivity contribution in [2.45, 2.75) is 6.18 Å². The van der Waals surface area contributed by atoms with E-state index >= 15 is 0 Å². The van der Waals surface area contributed by atoms with Gasteiger partial charge in [-0.15, -0.1) is 0 Å². The summed E-state index contributed by atoms with van der Waals surface area (Å²) in [6.45, 7) is 0. The number of alkyl halides is 3. The van der Waals surface area contributed by atoms with E-state index in [1.165, 1.54) is 0 Å². The highest BCUT2D eigenvalue weighted by Gasteiger charge is 2.35. The topological polar surface area (TPSA) is 51.8 Å². The maximum atomic E-state index is 12.0. The number of rotatable bonds is 0. The Morgan fingerprint density at radius 3 is 2.08 bits per heavy atom. The number of nitrogens with two attached hydrogens (primary N) is 1. The molecule has 0 aliphatic heterocycles. The summed E-state index contributed by atoms with van der Waals surface area (Å²) in [5, 5.41) is -0.795. The van der Waals surface area contributed by atoms with Gasteiger partial charge in [0.1, 0.15) is 10.8 Å². The molecular formula is C5H2Cl2F3N3. The molecular weight excluding hydrogens is 230 g/mol. The van der Waals surface area contributed by atoms with Crippen LogP contribution in [0.25, 0.3) is 0 Å². The third-order valence-corrected chi connectivity index (χ3v) is 1.83. The molecule has 0 unspecified atom stereocenters. The summed E-state index contributed by atoms with van der Waals surface area (Å²) in [5.41, 5.74) is 5.05. The van der Waals surface area contributed by atoms with Crippen LogP contribution in [0.5, 0.6) is 0 Å². The van der Waals surface area contributed by atoms with Crippen molar-refractivity contribution in [3.63, 3.8) is 0 Å². The smallest absolute Gasteiger partial charge is 0.382 e. The number of nitrogen functional groups attached to an aromatic ring is 1. The van der Waals surface area contributed by atoms with Crippen molar-refractivity contribution >= 4 is 29.0 Å². The molecule has 0 aliphatic rings. The van der Waals surface area contributed by atoms with E-state index in [-0.39, 0.29) is 5.02 Å². The summed E-state index contributed by atoms with van der Waals surface area (Å²) < 4.78 is 36.0. The quantitative estimate of drug-likeness (QED) is 0.698. The fourth-order valence-corrected chi connectivity index (χ4v) is 0.824. The standard InChI is InChI=1S/C5H2Cl2F3N3/c6-1-2(7)12-4(5(8,9)10)13-3(1)11/h(H2,11,12,13). The van der Waals surface area contributed by atoms with Gasteiger partial charge in [-0.3, -0.25) is 0 Å². The van der Waals surface area contributed by atoms with E-state index in [9.17, 15) is 13.2 Å². The number of halogens is 5. The highest BCUT2D eigenvalue weighted by molar-refractivity contribution is 6.42. The zero-order valence-corrected chi connectivity index (χ0v) is 7.37. The number of hydrogen-bond acceptors (Lipinski definition) is 3. The number of anilines is 1. The predicted octanol–water partition coefficient (Wildman–Crippen LogP) is 2.38. The molecule has 13 heavy (non-hydrogen) atoms. The SMILES string of the molecule is Nc1nc(C(F)(F)F)nc(Cl)c1Cl. The molecule has 0 saturated carbocycles. The van der Waals surface area contributed by atoms with E-state index < -0.39 is 23.0 Å². The minimum absolute atomic E-state index is 0.283. The van der Waals surface area contributed by atoms with Crippen molar-refractivity contribution in [1.82, 2.24) is 9.97 Å². The van der Waals surface area contributed by atoms with Crippen LogP contribution in [-0.2, 0) is 6.18 Å². The van der Waals surface area contributed by atoms with Gasteiger partial charge in [0, 0.05) is 0 Å².